The number of hydrogen-bond acceptors (Lipinski definition) is 3. The molecule has 76 valence electrons. The average Bonchev–Trinajstić information content (AvgIpc) is 2.21. The molecule has 0 spiro atoms. The van der Waals surface area contributed by atoms with Gasteiger partial charge in [0, 0.05) is 13.1 Å². The molecule has 0 bridgehead atoms. The number of aromatic nitrogens is 2. The summed E-state index contributed by atoms with van der Waals surface area (Å²) < 4.78 is 12.9. The Morgan fingerprint density at radius 3 is 2.57 bits per heavy atom. The van der Waals surface area contributed by atoms with Crippen LogP contribution in [0.3, 0.4) is 0 Å². The van der Waals surface area contributed by atoms with Gasteiger partial charge in [-0.05, 0) is 25.0 Å². The normalized spacial score (nSPS) is 18.6. The van der Waals surface area contributed by atoms with Crippen LogP contribution in [0.15, 0.2) is 12.1 Å². The standard InChI is InChI=1S/C9H11ClFN3/c10-8-1-2-9(13-12-8)14-5-3-7(11)4-6-14/h1-2,7H,3-6H2. The van der Waals surface area contributed by atoms with Crippen molar-refractivity contribution in [3.63, 3.8) is 0 Å². The molecule has 0 aliphatic carbocycles. The van der Waals surface area contributed by atoms with E-state index in [-0.39, 0.29) is 0 Å². The first-order valence-corrected chi connectivity index (χ1v) is 5.02. The minimum Gasteiger partial charge on any atom is -0.355 e. The summed E-state index contributed by atoms with van der Waals surface area (Å²) in [6.45, 7) is 1.41. The second kappa shape index (κ2) is 4.09. The lowest BCUT2D eigenvalue weighted by Crippen LogP contribution is -2.34. The van der Waals surface area contributed by atoms with E-state index >= 15 is 0 Å². The lowest BCUT2D eigenvalue weighted by molar-refractivity contribution is 0.276. The van der Waals surface area contributed by atoms with Gasteiger partial charge in [0.25, 0.3) is 0 Å². The second-order valence-corrected chi connectivity index (χ2v) is 3.76. The van der Waals surface area contributed by atoms with Gasteiger partial charge in [0.1, 0.15) is 6.17 Å². The Kier molecular flexibility index (Phi) is 2.82. The highest BCUT2D eigenvalue weighted by molar-refractivity contribution is 6.29. The minimum atomic E-state index is -0.661. The van der Waals surface area contributed by atoms with Gasteiger partial charge in [-0.1, -0.05) is 11.6 Å². The summed E-state index contributed by atoms with van der Waals surface area (Å²) in [5.74, 6) is 0.779. The molecule has 1 aliphatic rings. The van der Waals surface area contributed by atoms with Crippen LogP contribution < -0.4 is 4.90 Å². The molecule has 2 heterocycles. The molecule has 2 rings (SSSR count). The molecule has 5 heteroatoms. The van der Waals surface area contributed by atoms with E-state index in [4.69, 9.17) is 11.6 Å². The summed E-state index contributed by atoms with van der Waals surface area (Å²) in [6.07, 6.45) is 0.487. The fourth-order valence-corrected chi connectivity index (χ4v) is 1.66. The molecule has 0 aromatic carbocycles. The van der Waals surface area contributed by atoms with Gasteiger partial charge in [0.05, 0.1) is 0 Å². The van der Waals surface area contributed by atoms with Crippen LogP contribution >= 0.6 is 11.6 Å². The van der Waals surface area contributed by atoms with Gasteiger partial charge in [-0.15, -0.1) is 10.2 Å². The van der Waals surface area contributed by atoms with Gasteiger partial charge in [-0.3, -0.25) is 0 Å². The van der Waals surface area contributed by atoms with Crippen molar-refractivity contribution >= 4 is 17.4 Å². The predicted molar refractivity (Wildman–Crippen MR) is 53.4 cm³/mol. The molecule has 1 saturated heterocycles. The van der Waals surface area contributed by atoms with Gasteiger partial charge >= 0.3 is 0 Å². The van der Waals surface area contributed by atoms with E-state index in [1.807, 2.05) is 11.0 Å². The van der Waals surface area contributed by atoms with Crippen molar-refractivity contribution in [3.05, 3.63) is 17.3 Å². The zero-order valence-corrected chi connectivity index (χ0v) is 8.41. The van der Waals surface area contributed by atoms with E-state index in [9.17, 15) is 4.39 Å². The van der Waals surface area contributed by atoms with Crippen LogP contribution in [-0.4, -0.2) is 29.5 Å². The molecule has 1 fully saturated rings. The quantitative estimate of drug-likeness (QED) is 0.718. The van der Waals surface area contributed by atoms with Crippen molar-refractivity contribution in [1.82, 2.24) is 10.2 Å². The molecule has 0 amide bonds. The van der Waals surface area contributed by atoms with Crippen LogP contribution in [-0.2, 0) is 0 Å². The Bertz CT molecular complexity index is 295. The largest absolute Gasteiger partial charge is 0.355 e. The number of halogens is 2. The molecular formula is C9H11ClFN3. The molecule has 0 N–H and O–H groups in total. The van der Waals surface area contributed by atoms with Crippen LogP contribution in [0.5, 0.6) is 0 Å². The summed E-state index contributed by atoms with van der Waals surface area (Å²) in [4.78, 5) is 2.03. The smallest absolute Gasteiger partial charge is 0.151 e. The van der Waals surface area contributed by atoms with Gasteiger partial charge in [-0.25, -0.2) is 4.39 Å². The lowest BCUT2D eigenvalue weighted by atomic mass is 10.1. The first kappa shape index (κ1) is 9.65. The number of piperidine rings is 1. The monoisotopic (exact) mass is 215 g/mol. The van der Waals surface area contributed by atoms with E-state index in [1.54, 1.807) is 6.07 Å². The SMILES string of the molecule is FC1CCN(c2ccc(Cl)nn2)CC1. The van der Waals surface area contributed by atoms with E-state index in [0.717, 1.165) is 5.82 Å². The summed E-state index contributed by atoms with van der Waals surface area (Å²) in [5, 5.41) is 8.09. The van der Waals surface area contributed by atoms with Crippen molar-refractivity contribution in [3.8, 4) is 0 Å². The van der Waals surface area contributed by atoms with Crippen molar-refractivity contribution in [1.29, 1.82) is 0 Å². The lowest BCUT2D eigenvalue weighted by Gasteiger charge is -2.28. The van der Waals surface area contributed by atoms with Crippen molar-refractivity contribution in [2.45, 2.75) is 19.0 Å². The number of nitrogens with zero attached hydrogens (tertiary/aromatic N) is 3. The molecule has 1 aromatic rings. The molecule has 3 nitrogen and oxygen atoms in total. The molecular weight excluding hydrogens is 205 g/mol. The van der Waals surface area contributed by atoms with Crippen molar-refractivity contribution < 1.29 is 4.39 Å². The molecule has 0 radical (unpaired) electrons. The maximum absolute atomic E-state index is 12.9. The highest BCUT2D eigenvalue weighted by Gasteiger charge is 2.19. The van der Waals surface area contributed by atoms with E-state index in [0.29, 0.717) is 31.1 Å². The summed E-state index contributed by atoms with van der Waals surface area (Å²) in [7, 11) is 0. The third-order valence-electron chi connectivity index (χ3n) is 2.37. The number of anilines is 1. The van der Waals surface area contributed by atoms with E-state index < -0.39 is 6.17 Å². The summed E-state index contributed by atoms with van der Waals surface area (Å²) >= 11 is 5.62. The third-order valence-corrected chi connectivity index (χ3v) is 2.57. The topological polar surface area (TPSA) is 29.0 Å². The first-order chi connectivity index (χ1) is 6.75. The number of hydrogen-bond donors (Lipinski definition) is 0. The van der Waals surface area contributed by atoms with E-state index in [2.05, 4.69) is 10.2 Å². The first-order valence-electron chi connectivity index (χ1n) is 4.64. The Morgan fingerprint density at radius 2 is 2.00 bits per heavy atom. The second-order valence-electron chi connectivity index (χ2n) is 3.38. The van der Waals surface area contributed by atoms with Crippen LogP contribution in [0, 0.1) is 0 Å². The third kappa shape index (κ3) is 2.12. The van der Waals surface area contributed by atoms with Crippen molar-refractivity contribution in [2.24, 2.45) is 0 Å². The van der Waals surface area contributed by atoms with Gasteiger partial charge < -0.3 is 4.90 Å². The molecule has 0 atom stereocenters. The van der Waals surface area contributed by atoms with E-state index in [1.165, 1.54) is 0 Å². The van der Waals surface area contributed by atoms with Crippen LogP contribution in [0.2, 0.25) is 5.15 Å². The van der Waals surface area contributed by atoms with Gasteiger partial charge in [0.2, 0.25) is 0 Å². The zero-order valence-electron chi connectivity index (χ0n) is 7.66. The van der Waals surface area contributed by atoms with Crippen molar-refractivity contribution in [2.75, 3.05) is 18.0 Å². The maximum atomic E-state index is 12.9. The van der Waals surface area contributed by atoms with Crippen LogP contribution in [0.25, 0.3) is 0 Å². The number of alkyl halides is 1. The molecule has 0 saturated carbocycles. The Balaban J connectivity index is 2.05. The maximum Gasteiger partial charge on any atom is 0.151 e. The highest BCUT2D eigenvalue weighted by Crippen LogP contribution is 2.19. The zero-order chi connectivity index (χ0) is 9.97. The molecule has 0 unspecified atom stereocenters. The highest BCUT2D eigenvalue weighted by atomic mass is 35.5. The Morgan fingerprint density at radius 1 is 1.29 bits per heavy atom. The fraction of sp³-hybridized carbons (Fsp3) is 0.556. The van der Waals surface area contributed by atoms with Crippen LogP contribution in [0.4, 0.5) is 10.2 Å². The van der Waals surface area contributed by atoms with Gasteiger partial charge in [0.15, 0.2) is 11.0 Å². The van der Waals surface area contributed by atoms with Gasteiger partial charge in [-0.2, -0.15) is 0 Å². The Hall–Kier alpha value is -0.900. The minimum absolute atomic E-state index is 0.383. The Labute approximate surface area is 86.9 Å². The van der Waals surface area contributed by atoms with Crippen LogP contribution in [0.1, 0.15) is 12.8 Å². The predicted octanol–water partition coefficient (Wildman–Crippen LogP) is 2.07. The summed E-state index contributed by atoms with van der Waals surface area (Å²) in [6, 6.07) is 3.51. The number of rotatable bonds is 1. The molecule has 1 aliphatic heterocycles. The average molecular weight is 216 g/mol. The summed E-state index contributed by atoms with van der Waals surface area (Å²) in [5.41, 5.74) is 0. The fourth-order valence-electron chi connectivity index (χ4n) is 1.55. The molecule has 1 aromatic heterocycles. The molecule has 14 heavy (non-hydrogen) atoms.